The van der Waals surface area contributed by atoms with Gasteiger partial charge in [0.2, 0.25) is 11.8 Å². The fourth-order valence-corrected chi connectivity index (χ4v) is 4.47. The molecule has 2 atom stereocenters. The van der Waals surface area contributed by atoms with Gasteiger partial charge in [0.05, 0.1) is 6.07 Å². The molecular weight excluding hydrogens is 516 g/mol. The molecule has 0 aliphatic rings. The Balaban J connectivity index is 2.03. The highest BCUT2D eigenvalue weighted by molar-refractivity contribution is 5.92. The quantitative estimate of drug-likeness (QED) is 0.337. The molecule has 8 heteroatoms. The van der Waals surface area contributed by atoms with Crippen molar-refractivity contribution in [2.45, 2.75) is 65.3 Å². The molecule has 0 radical (unpaired) electrons. The molecule has 3 rings (SSSR count). The van der Waals surface area contributed by atoms with Crippen molar-refractivity contribution in [3.05, 3.63) is 107 Å². The molecular formula is C33H38N4O4. The Hall–Kier alpha value is -4.64. The van der Waals surface area contributed by atoms with Gasteiger partial charge in [-0.25, -0.2) is 4.79 Å². The van der Waals surface area contributed by atoms with E-state index in [-0.39, 0.29) is 19.5 Å². The summed E-state index contributed by atoms with van der Waals surface area (Å²) in [5.74, 6) is -0.996. The van der Waals surface area contributed by atoms with Gasteiger partial charge in [0.25, 0.3) is 0 Å². The van der Waals surface area contributed by atoms with E-state index in [4.69, 9.17) is 4.74 Å². The van der Waals surface area contributed by atoms with Gasteiger partial charge >= 0.3 is 6.09 Å². The lowest BCUT2D eigenvalue weighted by Gasteiger charge is -2.34. The number of hydrogen-bond donors (Lipinski definition) is 2. The van der Waals surface area contributed by atoms with Crippen molar-refractivity contribution in [1.82, 2.24) is 15.5 Å². The Bertz CT molecular complexity index is 1380. The van der Waals surface area contributed by atoms with Crippen molar-refractivity contribution in [2.75, 3.05) is 6.54 Å². The maximum atomic E-state index is 14.3. The van der Waals surface area contributed by atoms with Crippen LogP contribution >= 0.6 is 0 Å². The number of nitrogens with zero attached hydrogens (tertiary/aromatic N) is 2. The van der Waals surface area contributed by atoms with E-state index in [0.29, 0.717) is 5.56 Å². The standard InChI is InChI=1S/C33H38N4O4/c1-23-13-12-18-27(24(23)2)29(30(38)35-22-26-16-10-7-11-17-26)37(20-19-34)31(39)28(21-25-14-8-6-9-15-25)36-32(40)41-33(3,4)5/h6-18,28-29H,20-22H2,1-5H3,(H,35,38)(H,36,40). The summed E-state index contributed by atoms with van der Waals surface area (Å²) in [4.78, 5) is 42.2. The molecule has 2 N–H and O–H groups in total. The number of alkyl carbamates (subject to hydrolysis) is 1. The van der Waals surface area contributed by atoms with E-state index >= 15 is 0 Å². The van der Waals surface area contributed by atoms with E-state index < -0.39 is 35.6 Å². The van der Waals surface area contributed by atoms with E-state index in [1.165, 1.54) is 4.90 Å². The molecule has 214 valence electrons. The normalized spacial score (nSPS) is 12.4. The minimum Gasteiger partial charge on any atom is -0.444 e. The number of nitrogens with one attached hydrogen (secondary N) is 2. The highest BCUT2D eigenvalue weighted by Gasteiger charge is 2.37. The Morgan fingerprint density at radius 3 is 2.10 bits per heavy atom. The molecule has 0 heterocycles. The molecule has 3 aromatic rings. The molecule has 0 aliphatic carbocycles. The first-order chi connectivity index (χ1) is 19.5. The molecule has 0 aromatic heterocycles. The Labute approximate surface area is 242 Å². The van der Waals surface area contributed by atoms with Crippen LogP contribution in [0.3, 0.4) is 0 Å². The van der Waals surface area contributed by atoms with E-state index in [1.54, 1.807) is 26.8 Å². The molecule has 0 bridgehead atoms. The van der Waals surface area contributed by atoms with Crippen LogP contribution in [-0.2, 0) is 27.3 Å². The topological polar surface area (TPSA) is 112 Å². The number of amides is 3. The molecule has 0 spiro atoms. The lowest BCUT2D eigenvalue weighted by atomic mass is 9.94. The summed E-state index contributed by atoms with van der Waals surface area (Å²) in [6.07, 6.45) is -0.619. The van der Waals surface area contributed by atoms with Crippen LogP contribution in [0.4, 0.5) is 4.79 Å². The summed E-state index contributed by atoms with van der Waals surface area (Å²) >= 11 is 0. The zero-order valence-corrected chi connectivity index (χ0v) is 24.3. The van der Waals surface area contributed by atoms with E-state index in [2.05, 4.69) is 16.7 Å². The van der Waals surface area contributed by atoms with Crippen LogP contribution in [0.1, 0.15) is 54.6 Å². The van der Waals surface area contributed by atoms with Gasteiger partial charge in [-0.05, 0) is 62.4 Å². The average molecular weight is 555 g/mol. The maximum Gasteiger partial charge on any atom is 0.408 e. The van der Waals surface area contributed by atoms with Gasteiger partial charge in [0, 0.05) is 13.0 Å². The SMILES string of the molecule is Cc1cccc(C(C(=O)NCc2ccccc2)N(CC#N)C(=O)C(Cc2ccccc2)NC(=O)OC(C)(C)C)c1C. The predicted octanol–water partition coefficient (Wildman–Crippen LogP) is 5.15. The van der Waals surface area contributed by atoms with E-state index in [1.807, 2.05) is 86.6 Å². The largest absolute Gasteiger partial charge is 0.444 e. The summed E-state index contributed by atoms with van der Waals surface area (Å²) in [6.45, 7) is 8.90. The second-order valence-electron chi connectivity index (χ2n) is 10.9. The van der Waals surface area contributed by atoms with Gasteiger partial charge in [-0.3, -0.25) is 9.59 Å². The minimum absolute atomic E-state index is 0.145. The van der Waals surface area contributed by atoms with Crippen LogP contribution in [0.25, 0.3) is 0 Å². The van der Waals surface area contributed by atoms with E-state index in [9.17, 15) is 19.6 Å². The summed E-state index contributed by atoms with van der Waals surface area (Å²) in [7, 11) is 0. The summed E-state index contributed by atoms with van der Waals surface area (Å²) in [5, 5.41) is 15.5. The number of nitriles is 1. The first kappa shape index (κ1) is 30.9. The summed E-state index contributed by atoms with van der Waals surface area (Å²) < 4.78 is 5.45. The van der Waals surface area contributed by atoms with Gasteiger partial charge in [-0.2, -0.15) is 5.26 Å². The van der Waals surface area contributed by atoms with Gasteiger partial charge in [0.1, 0.15) is 24.2 Å². The number of carbonyl (C=O) groups excluding carboxylic acids is 3. The molecule has 41 heavy (non-hydrogen) atoms. The molecule has 3 amide bonds. The second-order valence-corrected chi connectivity index (χ2v) is 10.9. The van der Waals surface area contributed by atoms with Gasteiger partial charge in [-0.1, -0.05) is 78.9 Å². The van der Waals surface area contributed by atoms with Crippen molar-refractivity contribution in [1.29, 1.82) is 5.26 Å². The van der Waals surface area contributed by atoms with Gasteiger partial charge in [-0.15, -0.1) is 0 Å². The highest BCUT2D eigenvalue weighted by atomic mass is 16.6. The Morgan fingerprint density at radius 1 is 0.902 bits per heavy atom. The monoisotopic (exact) mass is 554 g/mol. The van der Waals surface area contributed by atoms with E-state index in [0.717, 1.165) is 22.3 Å². The lowest BCUT2D eigenvalue weighted by molar-refractivity contribution is -0.141. The predicted molar refractivity (Wildman–Crippen MR) is 158 cm³/mol. The number of aryl methyl sites for hydroxylation is 1. The fourth-order valence-electron chi connectivity index (χ4n) is 4.47. The van der Waals surface area contributed by atoms with Crippen molar-refractivity contribution < 1.29 is 19.1 Å². The summed E-state index contributed by atoms with van der Waals surface area (Å²) in [6, 6.07) is 24.1. The smallest absolute Gasteiger partial charge is 0.408 e. The first-order valence-corrected chi connectivity index (χ1v) is 13.6. The molecule has 0 aliphatic heterocycles. The van der Waals surface area contributed by atoms with Crippen LogP contribution < -0.4 is 10.6 Å². The summed E-state index contributed by atoms with van der Waals surface area (Å²) in [5.41, 5.74) is 3.30. The number of ether oxygens (including phenoxy) is 1. The molecule has 8 nitrogen and oxygen atoms in total. The number of benzene rings is 3. The van der Waals surface area contributed by atoms with Gasteiger partial charge < -0.3 is 20.3 Å². The highest BCUT2D eigenvalue weighted by Crippen LogP contribution is 2.28. The average Bonchev–Trinajstić information content (AvgIpc) is 2.93. The zero-order chi connectivity index (χ0) is 30.0. The molecule has 0 saturated heterocycles. The first-order valence-electron chi connectivity index (χ1n) is 13.6. The number of hydrogen-bond acceptors (Lipinski definition) is 5. The third-order valence-electron chi connectivity index (χ3n) is 6.61. The Morgan fingerprint density at radius 2 is 1.51 bits per heavy atom. The Kier molecular flexibility index (Phi) is 10.6. The van der Waals surface area contributed by atoms with Gasteiger partial charge in [0.15, 0.2) is 0 Å². The van der Waals surface area contributed by atoms with Crippen molar-refractivity contribution >= 4 is 17.9 Å². The van der Waals surface area contributed by atoms with Crippen LogP contribution in [0.5, 0.6) is 0 Å². The molecule has 0 saturated carbocycles. The van der Waals surface area contributed by atoms with Crippen LogP contribution in [0.2, 0.25) is 0 Å². The second kappa shape index (κ2) is 14.1. The zero-order valence-electron chi connectivity index (χ0n) is 24.3. The van der Waals surface area contributed by atoms with Crippen molar-refractivity contribution in [3.8, 4) is 6.07 Å². The molecule has 0 fully saturated rings. The molecule has 2 unspecified atom stereocenters. The maximum absolute atomic E-state index is 14.3. The molecule has 3 aromatic carbocycles. The van der Waals surface area contributed by atoms with Crippen molar-refractivity contribution in [2.24, 2.45) is 0 Å². The van der Waals surface area contributed by atoms with Crippen LogP contribution in [0.15, 0.2) is 78.9 Å². The third-order valence-corrected chi connectivity index (χ3v) is 6.61. The minimum atomic E-state index is -1.11. The lowest BCUT2D eigenvalue weighted by Crippen LogP contribution is -2.54. The fraction of sp³-hybridized carbons (Fsp3) is 0.333. The third kappa shape index (κ3) is 8.94. The number of carbonyl (C=O) groups is 3. The van der Waals surface area contributed by atoms with Crippen molar-refractivity contribution in [3.63, 3.8) is 0 Å². The van der Waals surface area contributed by atoms with Crippen LogP contribution in [0, 0.1) is 25.2 Å². The number of rotatable bonds is 10. The van der Waals surface area contributed by atoms with Crippen LogP contribution in [-0.4, -0.2) is 41.0 Å².